The summed E-state index contributed by atoms with van der Waals surface area (Å²) >= 11 is 3.95. The molecule has 110 valence electrons. The van der Waals surface area contributed by atoms with Crippen molar-refractivity contribution >= 4 is 23.1 Å². The van der Waals surface area contributed by atoms with Crippen LogP contribution in [0.5, 0.6) is 0 Å². The molecule has 1 aromatic heterocycles. The maximum Gasteiger partial charge on any atom is 0.0300 e. The van der Waals surface area contributed by atoms with Gasteiger partial charge in [-0.25, -0.2) is 0 Å². The summed E-state index contributed by atoms with van der Waals surface area (Å²) in [5.41, 5.74) is 0.277. The highest BCUT2D eigenvalue weighted by Gasteiger charge is 2.24. The van der Waals surface area contributed by atoms with Gasteiger partial charge in [-0.05, 0) is 36.6 Å². The lowest BCUT2D eigenvalue weighted by Crippen LogP contribution is -2.36. The molecular weight excluding hydrogens is 270 g/mol. The van der Waals surface area contributed by atoms with Crippen LogP contribution >= 0.6 is 23.1 Å². The van der Waals surface area contributed by atoms with E-state index in [2.05, 4.69) is 58.3 Å². The lowest BCUT2D eigenvalue weighted by molar-refractivity contribution is 0.496. The molecule has 0 saturated heterocycles. The van der Waals surface area contributed by atoms with E-state index in [9.17, 15) is 0 Å². The Bertz CT molecular complexity index is 364. The van der Waals surface area contributed by atoms with Gasteiger partial charge in [0.2, 0.25) is 0 Å². The third-order valence-electron chi connectivity index (χ3n) is 3.87. The lowest BCUT2D eigenvalue weighted by atomic mass is 9.95. The Labute approximate surface area is 127 Å². The minimum atomic E-state index is 0.277. The fourth-order valence-electron chi connectivity index (χ4n) is 2.15. The standard InChI is InChI=1S/C16H29NS2/c1-7-16(8-2,18-6)12-17-11-13-9-10-14(19-13)15(3,4)5/h9-10,17H,7-8,11-12H2,1-6H3. The maximum atomic E-state index is 3.65. The Kier molecular flexibility index (Phi) is 6.41. The molecule has 1 aromatic rings. The molecule has 1 heterocycles. The molecule has 1 rings (SSSR count). The molecular formula is C16H29NS2. The Hall–Kier alpha value is 0.01000. The van der Waals surface area contributed by atoms with Gasteiger partial charge in [0, 0.05) is 27.6 Å². The zero-order valence-electron chi connectivity index (χ0n) is 13.3. The largest absolute Gasteiger partial charge is 0.310 e. The van der Waals surface area contributed by atoms with E-state index in [4.69, 9.17) is 0 Å². The first-order valence-corrected chi connectivity index (χ1v) is 9.26. The zero-order valence-corrected chi connectivity index (χ0v) is 14.9. The van der Waals surface area contributed by atoms with E-state index in [-0.39, 0.29) is 5.41 Å². The maximum absolute atomic E-state index is 3.65. The van der Waals surface area contributed by atoms with E-state index < -0.39 is 0 Å². The van der Waals surface area contributed by atoms with Gasteiger partial charge in [-0.15, -0.1) is 11.3 Å². The van der Waals surface area contributed by atoms with Gasteiger partial charge in [-0.1, -0.05) is 34.6 Å². The van der Waals surface area contributed by atoms with Gasteiger partial charge >= 0.3 is 0 Å². The molecule has 0 amide bonds. The van der Waals surface area contributed by atoms with Crippen molar-refractivity contribution in [1.29, 1.82) is 0 Å². The number of nitrogens with one attached hydrogen (secondary N) is 1. The minimum absolute atomic E-state index is 0.277. The summed E-state index contributed by atoms with van der Waals surface area (Å²) in [6.45, 7) is 13.5. The number of hydrogen-bond acceptors (Lipinski definition) is 3. The minimum Gasteiger partial charge on any atom is -0.310 e. The topological polar surface area (TPSA) is 12.0 Å². The molecule has 0 atom stereocenters. The molecule has 0 aliphatic carbocycles. The smallest absolute Gasteiger partial charge is 0.0300 e. The third kappa shape index (κ3) is 4.80. The molecule has 1 nitrogen and oxygen atoms in total. The predicted molar refractivity (Wildman–Crippen MR) is 91.6 cm³/mol. The van der Waals surface area contributed by atoms with E-state index in [1.54, 1.807) is 0 Å². The Morgan fingerprint density at radius 3 is 2.21 bits per heavy atom. The third-order valence-corrected chi connectivity index (χ3v) is 6.97. The van der Waals surface area contributed by atoms with Gasteiger partial charge in [0.25, 0.3) is 0 Å². The first kappa shape index (κ1) is 17.1. The number of thiophene rings is 1. The molecule has 0 fully saturated rings. The average Bonchev–Trinajstić information content (AvgIpc) is 2.84. The Morgan fingerprint density at radius 2 is 1.79 bits per heavy atom. The summed E-state index contributed by atoms with van der Waals surface area (Å²) in [7, 11) is 0. The van der Waals surface area contributed by atoms with Crippen molar-refractivity contribution in [2.75, 3.05) is 12.8 Å². The van der Waals surface area contributed by atoms with Gasteiger partial charge < -0.3 is 5.32 Å². The first-order chi connectivity index (χ1) is 8.87. The van der Waals surface area contributed by atoms with Crippen LogP contribution in [0.2, 0.25) is 0 Å². The van der Waals surface area contributed by atoms with Crippen molar-refractivity contribution in [2.45, 2.75) is 64.2 Å². The molecule has 3 heteroatoms. The van der Waals surface area contributed by atoms with Gasteiger partial charge in [-0.3, -0.25) is 0 Å². The van der Waals surface area contributed by atoms with Crippen LogP contribution in [0.4, 0.5) is 0 Å². The van der Waals surface area contributed by atoms with E-state index >= 15 is 0 Å². The van der Waals surface area contributed by atoms with Gasteiger partial charge in [0.15, 0.2) is 0 Å². The number of hydrogen-bond donors (Lipinski definition) is 1. The van der Waals surface area contributed by atoms with E-state index in [1.807, 2.05) is 23.1 Å². The van der Waals surface area contributed by atoms with Crippen molar-refractivity contribution in [2.24, 2.45) is 0 Å². The molecule has 0 radical (unpaired) electrons. The molecule has 0 unspecified atom stereocenters. The predicted octanol–water partition coefficient (Wildman–Crippen LogP) is 5.06. The fraction of sp³-hybridized carbons (Fsp3) is 0.750. The summed E-state index contributed by atoms with van der Waals surface area (Å²) in [6, 6.07) is 4.56. The van der Waals surface area contributed by atoms with Crippen LogP contribution in [0.1, 0.15) is 57.2 Å². The van der Waals surface area contributed by atoms with Gasteiger partial charge in [0.1, 0.15) is 0 Å². The highest BCUT2D eigenvalue weighted by atomic mass is 32.2. The molecule has 1 N–H and O–H groups in total. The second kappa shape index (κ2) is 7.14. The lowest BCUT2D eigenvalue weighted by Gasteiger charge is -2.29. The highest BCUT2D eigenvalue weighted by Crippen LogP contribution is 2.31. The normalized spacial score (nSPS) is 12.9. The van der Waals surface area contributed by atoms with Crippen molar-refractivity contribution in [3.8, 4) is 0 Å². The van der Waals surface area contributed by atoms with E-state index in [1.165, 1.54) is 22.6 Å². The highest BCUT2D eigenvalue weighted by molar-refractivity contribution is 8.00. The van der Waals surface area contributed by atoms with Crippen molar-refractivity contribution < 1.29 is 0 Å². The van der Waals surface area contributed by atoms with E-state index in [0.717, 1.165) is 13.1 Å². The quantitative estimate of drug-likeness (QED) is 0.755. The molecule has 0 saturated carbocycles. The van der Waals surface area contributed by atoms with Gasteiger partial charge in [-0.2, -0.15) is 11.8 Å². The second-order valence-electron chi connectivity index (χ2n) is 6.21. The summed E-state index contributed by atoms with van der Waals surface area (Å²) in [4.78, 5) is 2.93. The molecule has 0 bridgehead atoms. The molecule has 0 spiro atoms. The zero-order chi connectivity index (χ0) is 14.5. The van der Waals surface area contributed by atoms with Crippen LogP contribution < -0.4 is 5.32 Å². The van der Waals surface area contributed by atoms with Crippen molar-refractivity contribution in [1.82, 2.24) is 5.32 Å². The van der Waals surface area contributed by atoms with Crippen LogP contribution in [-0.4, -0.2) is 17.5 Å². The van der Waals surface area contributed by atoms with Crippen molar-refractivity contribution in [3.05, 3.63) is 21.9 Å². The first-order valence-electron chi connectivity index (χ1n) is 7.22. The summed E-state index contributed by atoms with van der Waals surface area (Å²) in [6.07, 6.45) is 4.70. The second-order valence-corrected chi connectivity index (χ2v) is 8.66. The average molecular weight is 300 g/mol. The summed E-state index contributed by atoms with van der Waals surface area (Å²) < 4.78 is 0.407. The van der Waals surface area contributed by atoms with Gasteiger partial charge in [0.05, 0.1) is 0 Å². The number of thioether (sulfide) groups is 1. The van der Waals surface area contributed by atoms with Crippen LogP contribution in [0.15, 0.2) is 12.1 Å². The molecule has 19 heavy (non-hydrogen) atoms. The molecule has 0 aromatic carbocycles. The van der Waals surface area contributed by atoms with Crippen LogP contribution in [0, 0.1) is 0 Å². The molecule has 0 aliphatic rings. The SMILES string of the molecule is CCC(CC)(CNCc1ccc(C(C)(C)C)s1)SC. The summed E-state index contributed by atoms with van der Waals surface area (Å²) in [5.74, 6) is 0. The van der Waals surface area contributed by atoms with Crippen LogP contribution in [-0.2, 0) is 12.0 Å². The monoisotopic (exact) mass is 299 g/mol. The fourth-order valence-corrected chi connectivity index (χ4v) is 4.01. The van der Waals surface area contributed by atoms with E-state index in [0.29, 0.717) is 4.75 Å². The number of rotatable bonds is 7. The van der Waals surface area contributed by atoms with Crippen LogP contribution in [0.25, 0.3) is 0 Å². The Morgan fingerprint density at radius 1 is 1.16 bits per heavy atom. The Balaban J connectivity index is 2.51. The molecule has 0 aliphatic heterocycles. The van der Waals surface area contributed by atoms with Crippen molar-refractivity contribution in [3.63, 3.8) is 0 Å². The van der Waals surface area contributed by atoms with Crippen LogP contribution in [0.3, 0.4) is 0 Å². The summed E-state index contributed by atoms with van der Waals surface area (Å²) in [5, 5.41) is 3.65.